The molecule has 5 rings (SSSR count). The molecule has 2 aliphatic rings. The Morgan fingerprint density at radius 3 is 2.42 bits per heavy atom. The number of rotatable bonds is 3. The number of alkyl halides is 3. The molecule has 33 heavy (non-hydrogen) atoms. The molecular formula is C22H15F3N2O4S2. The van der Waals surface area contributed by atoms with E-state index in [1.54, 1.807) is 24.3 Å². The Balaban J connectivity index is 1.61. The van der Waals surface area contributed by atoms with Gasteiger partial charge < -0.3 is 9.72 Å². The Morgan fingerprint density at radius 1 is 1.03 bits per heavy atom. The van der Waals surface area contributed by atoms with Gasteiger partial charge in [0.1, 0.15) is 11.0 Å². The van der Waals surface area contributed by atoms with E-state index in [0.29, 0.717) is 21.2 Å². The molecule has 11 heteroatoms. The highest BCUT2D eigenvalue weighted by atomic mass is 32.2. The third-order valence-corrected chi connectivity index (χ3v) is 8.13. The van der Waals surface area contributed by atoms with Crippen molar-refractivity contribution in [3.05, 3.63) is 74.2 Å². The summed E-state index contributed by atoms with van der Waals surface area (Å²) < 4.78 is 44.9. The van der Waals surface area contributed by atoms with Crippen molar-refractivity contribution < 1.29 is 27.5 Å². The number of carbonyl (C=O) groups excluding carboxylic acids is 2. The van der Waals surface area contributed by atoms with Crippen LogP contribution in [0.25, 0.3) is 0 Å². The fourth-order valence-electron chi connectivity index (χ4n) is 4.26. The highest BCUT2D eigenvalue weighted by Crippen LogP contribution is 2.53. The maximum Gasteiger partial charge on any atom is 0.416 e. The topological polar surface area (TPSA) is 79.5 Å². The molecule has 2 aliphatic heterocycles. The molecule has 0 unspecified atom stereocenters. The van der Waals surface area contributed by atoms with E-state index in [2.05, 4.69) is 4.98 Å². The summed E-state index contributed by atoms with van der Waals surface area (Å²) in [5.41, 5.74) is -0.368. The second-order valence-electron chi connectivity index (χ2n) is 7.58. The summed E-state index contributed by atoms with van der Waals surface area (Å²) in [6.45, 7) is 0. The summed E-state index contributed by atoms with van der Waals surface area (Å²) in [4.78, 5) is 42.8. The number of aromatic amines is 1. The van der Waals surface area contributed by atoms with Gasteiger partial charge in [-0.25, -0.2) is 4.90 Å². The molecule has 3 atom stereocenters. The number of nitrogens with one attached hydrogen (secondary N) is 1. The molecule has 3 heterocycles. The van der Waals surface area contributed by atoms with Crippen LogP contribution in [-0.4, -0.2) is 29.2 Å². The molecule has 1 fully saturated rings. The molecular weight excluding hydrogens is 477 g/mol. The molecule has 2 aromatic carbocycles. The Hall–Kier alpha value is -3.05. The van der Waals surface area contributed by atoms with Gasteiger partial charge in [0.2, 0.25) is 11.8 Å². The Bertz CT molecular complexity index is 1320. The van der Waals surface area contributed by atoms with E-state index in [4.69, 9.17) is 4.74 Å². The number of benzene rings is 2. The molecule has 0 spiro atoms. The van der Waals surface area contributed by atoms with E-state index in [1.165, 1.54) is 19.2 Å². The van der Waals surface area contributed by atoms with Crippen molar-refractivity contribution in [3.63, 3.8) is 0 Å². The largest absolute Gasteiger partial charge is 0.497 e. The monoisotopic (exact) mass is 492 g/mol. The number of fused-ring (bicyclic) bond motifs is 2. The second-order valence-corrected chi connectivity index (χ2v) is 9.75. The Morgan fingerprint density at radius 2 is 1.76 bits per heavy atom. The lowest BCUT2D eigenvalue weighted by atomic mass is 9.83. The Kier molecular flexibility index (Phi) is 5.13. The summed E-state index contributed by atoms with van der Waals surface area (Å²) in [6, 6.07) is 11.1. The highest BCUT2D eigenvalue weighted by molar-refractivity contribution is 8.00. The van der Waals surface area contributed by atoms with Gasteiger partial charge in [-0.3, -0.25) is 14.4 Å². The first kappa shape index (κ1) is 21.8. The lowest BCUT2D eigenvalue weighted by Crippen LogP contribution is -2.32. The number of carbonyl (C=O) groups is 2. The van der Waals surface area contributed by atoms with Crippen molar-refractivity contribution in [2.24, 2.45) is 5.92 Å². The molecule has 3 aromatic rings. The van der Waals surface area contributed by atoms with Crippen LogP contribution in [0.1, 0.15) is 21.9 Å². The first-order valence-corrected chi connectivity index (χ1v) is 11.5. The minimum absolute atomic E-state index is 0.125. The summed E-state index contributed by atoms with van der Waals surface area (Å²) in [5, 5.41) is -0.379. The number of halogens is 3. The van der Waals surface area contributed by atoms with E-state index in [-0.39, 0.29) is 10.6 Å². The van der Waals surface area contributed by atoms with Gasteiger partial charge in [0, 0.05) is 10.8 Å². The molecule has 0 radical (unpaired) electrons. The number of hydrogen-bond donors (Lipinski definition) is 1. The van der Waals surface area contributed by atoms with Crippen molar-refractivity contribution in [1.82, 2.24) is 4.98 Å². The van der Waals surface area contributed by atoms with Gasteiger partial charge >= 0.3 is 11.0 Å². The number of ether oxygens (including phenoxy) is 1. The van der Waals surface area contributed by atoms with Crippen LogP contribution in [0.5, 0.6) is 5.75 Å². The molecule has 0 saturated carbocycles. The number of H-pyrrole nitrogens is 1. The van der Waals surface area contributed by atoms with Crippen molar-refractivity contribution in [3.8, 4) is 5.75 Å². The van der Waals surface area contributed by atoms with Crippen LogP contribution >= 0.6 is 23.1 Å². The van der Waals surface area contributed by atoms with Crippen LogP contribution in [0.2, 0.25) is 0 Å². The van der Waals surface area contributed by atoms with Crippen LogP contribution in [0, 0.1) is 5.92 Å². The second kappa shape index (κ2) is 7.77. The predicted octanol–water partition coefficient (Wildman–Crippen LogP) is 4.26. The number of aromatic nitrogens is 1. The molecule has 0 aliphatic carbocycles. The van der Waals surface area contributed by atoms with Crippen LogP contribution in [0.3, 0.4) is 0 Å². The molecule has 0 bridgehead atoms. The number of amides is 2. The minimum atomic E-state index is -4.61. The summed E-state index contributed by atoms with van der Waals surface area (Å²) >= 11 is 2.03. The van der Waals surface area contributed by atoms with Gasteiger partial charge in [0.05, 0.1) is 29.3 Å². The quantitative estimate of drug-likeness (QED) is 0.553. The van der Waals surface area contributed by atoms with Crippen LogP contribution in [0.15, 0.2) is 58.4 Å². The average molecular weight is 493 g/mol. The molecule has 170 valence electrons. The van der Waals surface area contributed by atoms with Gasteiger partial charge in [0.15, 0.2) is 0 Å². The molecule has 1 N–H and O–H groups in total. The first-order chi connectivity index (χ1) is 15.7. The maximum atomic E-state index is 13.5. The van der Waals surface area contributed by atoms with Gasteiger partial charge in [-0.15, -0.1) is 0 Å². The van der Waals surface area contributed by atoms with Gasteiger partial charge in [-0.1, -0.05) is 41.3 Å². The van der Waals surface area contributed by atoms with E-state index >= 15 is 0 Å². The van der Waals surface area contributed by atoms with Crippen molar-refractivity contribution >= 4 is 40.6 Å². The number of hydrogen-bond acceptors (Lipinski definition) is 6. The number of methoxy groups -OCH3 is 1. The normalized spacial score (nSPS) is 22.3. The Labute approximate surface area is 193 Å². The lowest BCUT2D eigenvalue weighted by molar-refractivity contribution is -0.137. The third-order valence-electron chi connectivity index (χ3n) is 5.73. The third kappa shape index (κ3) is 3.55. The number of nitrogens with zero attached hydrogens (tertiary/aromatic N) is 1. The van der Waals surface area contributed by atoms with Crippen molar-refractivity contribution in [2.45, 2.75) is 22.4 Å². The average Bonchev–Trinajstić information content (AvgIpc) is 3.28. The summed E-state index contributed by atoms with van der Waals surface area (Å²) in [6.07, 6.45) is -4.61. The zero-order chi connectivity index (χ0) is 23.5. The minimum Gasteiger partial charge on any atom is -0.497 e. The van der Waals surface area contributed by atoms with E-state index in [9.17, 15) is 27.6 Å². The first-order valence-electron chi connectivity index (χ1n) is 9.77. The fraction of sp³-hybridized carbons (Fsp3) is 0.227. The van der Waals surface area contributed by atoms with E-state index in [0.717, 1.165) is 40.1 Å². The zero-order valence-corrected chi connectivity index (χ0v) is 18.5. The highest BCUT2D eigenvalue weighted by Gasteiger charge is 2.56. The van der Waals surface area contributed by atoms with E-state index < -0.39 is 40.6 Å². The van der Waals surface area contributed by atoms with Gasteiger partial charge in [0.25, 0.3) is 0 Å². The number of thiazole rings is 1. The predicted molar refractivity (Wildman–Crippen MR) is 117 cm³/mol. The zero-order valence-electron chi connectivity index (χ0n) is 16.9. The molecule has 1 aromatic heterocycles. The maximum absolute atomic E-state index is 13.5. The molecule has 6 nitrogen and oxygen atoms in total. The van der Waals surface area contributed by atoms with Gasteiger partial charge in [-0.05, 0) is 35.9 Å². The van der Waals surface area contributed by atoms with Crippen LogP contribution in [-0.2, 0) is 15.8 Å². The molecule has 1 saturated heterocycles. The van der Waals surface area contributed by atoms with Crippen molar-refractivity contribution in [2.75, 3.05) is 12.0 Å². The summed E-state index contributed by atoms with van der Waals surface area (Å²) in [5.74, 6) is -2.07. The SMILES string of the molecule is COc1ccc([C@@H]2c3sc(=O)[nH]c3S[C@@H]3C(=O)N(c4cccc(C(F)(F)F)c4)C(=O)[C@H]23)cc1. The van der Waals surface area contributed by atoms with Crippen LogP contribution < -0.4 is 14.5 Å². The standard InChI is InChI=1S/C22H15F3N2O4S2/c1-31-13-7-5-10(6-8-13)14-15-17(32-18-16(14)33-21(30)26-18)20(29)27(19(15)28)12-4-2-3-11(9-12)22(23,24)25/h2-9,14-15,17H,1H3,(H,26,30)/t14-,15+,17-/m0/s1. The number of imide groups is 1. The van der Waals surface area contributed by atoms with E-state index in [1.807, 2.05) is 0 Å². The lowest BCUT2D eigenvalue weighted by Gasteiger charge is -2.29. The summed E-state index contributed by atoms with van der Waals surface area (Å²) in [7, 11) is 1.52. The van der Waals surface area contributed by atoms with Crippen molar-refractivity contribution in [1.29, 1.82) is 0 Å². The fourth-order valence-corrected chi connectivity index (χ4v) is 6.78. The molecule has 2 amide bonds. The number of thioether (sulfide) groups is 1. The smallest absolute Gasteiger partial charge is 0.416 e. The van der Waals surface area contributed by atoms with Crippen LogP contribution in [0.4, 0.5) is 18.9 Å². The number of anilines is 1. The van der Waals surface area contributed by atoms with Gasteiger partial charge in [-0.2, -0.15) is 13.2 Å².